The number of hydrogen-bond donors (Lipinski definition) is 2. The topological polar surface area (TPSA) is 110 Å². The van der Waals surface area contributed by atoms with Crippen molar-refractivity contribution in [2.75, 3.05) is 4.72 Å². The van der Waals surface area contributed by atoms with Crippen LogP contribution in [0.15, 0.2) is 47.4 Å². The molecule has 0 heterocycles. The third kappa shape index (κ3) is 2.95. The number of phenols is 1. The van der Waals surface area contributed by atoms with Gasteiger partial charge in [-0.2, -0.15) is 0 Å². The maximum Gasteiger partial charge on any atom is 0.290 e. The molecule has 0 aliphatic heterocycles. The second-order valence-corrected chi connectivity index (χ2v) is 5.92. The van der Waals surface area contributed by atoms with Gasteiger partial charge in [-0.15, -0.1) is 0 Å². The first-order chi connectivity index (χ1) is 9.83. The summed E-state index contributed by atoms with van der Waals surface area (Å²) in [6.07, 6.45) is 0. The molecule has 0 aliphatic rings. The summed E-state index contributed by atoms with van der Waals surface area (Å²) in [6, 6.07) is 9.72. The van der Waals surface area contributed by atoms with Crippen LogP contribution in [0.25, 0.3) is 0 Å². The lowest BCUT2D eigenvalue weighted by molar-refractivity contribution is -0.387. The summed E-state index contributed by atoms with van der Waals surface area (Å²) in [4.78, 5) is 9.83. The molecule has 7 nitrogen and oxygen atoms in total. The first kappa shape index (κ1) is 14.8. The number of para-hydroxylation sites is 2. The first-order valence-corrected chi connectivity index (χ1v) is 7.36. The monoisotopic (exact) mass is 308 g/mol. The van der Waals surface area contributed by atoms with Gasteiger partial charge in [0.1, 0.15) is 5.75 Å². The molecule has 2 rings (SSSR count). The molecule has 2 aromatic rings. The van der Waals surface area contributed by atoms with Crippen LogP contribution in [0.5, 0.6) is 5.75 Å². The quantitative estimate of drug-likeness (QED) is 0.512. The Balaban J connectivity index is 2.56. The lowest BCUT2D eigenvalue weighted by Gasteiger charge is -2.11. The zero-order chi connectivity index (χ0) is 15.6. The largest absolute Gasteiger partial charge is 0.506 e. The molecule has 0 unspecified atom stereocenters. The van der Waals surface area contributed by atoms with E-state index in [9.17, 15) is 23.6 Å². The van der Waals surface area contributed by atoms with Gasteiger partial charge >= 0.3 is 0 Å². The van der Waals surface area contributed by atoms with Gasteiger partial charge in [0.2, 0.25) is 0 Å². The summed E-state index contributed by atoms with van der Waals surface area (Å²) in [5.74, 6) is -0.266. The summed E-state index contributed by atoms with van der Waals surface area (Å²) in [6.45, 7) is 1.46. The Kier molecular flexibility index (Phi) is 3.81. The molecule has 0 atom stereocenters. The third-order valence-corrected chi connectivity index (χ3v) is 4.36. The molecular formula is C13H12N2O5S. The standard InChI is InChI=1S/C13H12N2O5S/c1-9-5-4-7-11(15(17)18)13(9)21(19,20)14-10-6-2-3-8-12(10)16/h2-8,14,16H,1H3. The molecule has 110 valence electrons. The summed E-state index contributed by atoms with van der Waals surface area (Å²) in [7, 11) is -4.19. The van der Waals surface area contributed by atoms with Crippen molar-refractivity contribution < 1.29 is 18.4 Å². The maximum atomic E-state index is 12.4. The molecule has 21 heavy (non-hydrogen) atoms. The fourth-order valence-electron chi connectivity index (χ4n) is 1.89. The Morgan fingerprint density at radius 3 is 2.43 bits per heavy atom. The Morgan fingerprint density at radius 2 is 1.81 bits per heavy atom. The summed E-state index contributed by atoms with van der Waals surface area (Å²) >= 11 is 0. The van der Waals surface area contributed by atoms with Crippen LogP contribution in [-0.4, -0.2) is 18.4 Å². The van der Waals surface area contributed by atoms with Crippen molar-refractivity contribution in [2.24, 2.45) is 0 Å². The second kappa shape index (κ2) is 5.41. The highest BCUT2D eigenvalue weighted by atomic mass is 32.2. The van der Waals surface area contributed by atoms with Crippen LogP contribution >= 0.6 is 0 Å². The SMILES string of the molecule is Cc1cccc([N+](=O)[O-])c1S(=O)(=O)Nc1ccccc1O. The average molecular weight is 308 g/mol. The minimum Gasteiger partial charge on any atom is -0.506 e. The van der Waals surface area contributed by atoms with E-state index in [2.05, 4.69) is 4.72 Å². The minimum atomic E-state index is -4.19. The van der Waals surface area contributed by atoms with Crippen LogP contribution in [0.1, 0.15) is 5.56 Å². The van der Waals surface area contributed by atoms with E-state index >= 15 is 0 Å². The molecule has 8 heteroatoms. The number of nitro benzene ring substituents is 1. The van der Waals surface area contributed by atoms with Crippen molar-refractivity contribution in [1.82, 2.24) is 0 Å². The lowest BCUT2D eigenvalue weighted by Crippen LogP contribution is -2.16. The van der Waals surface area contributed by atoms with Crippen molar-refractivity contribution in [3.63, 3.8) is 0 Å². The molecule has 2 N–H and O–H groups in total. The van der Waals surface area contributed by atoms with Crippen molar-refractivity contribution in [3.8, 4) is 5.75 Å². The van der Waals surface area contributed by atoms with Gasteiger partial charge in [-0.05, 0) is 24.6 Å². The van der Waals surface area contributed by atoms with E-state index in [1.165, 1.54) is 43.3 Å². The van der Waals surface area contributed by atoms with Crippen LogP contribution in [0.2, 0.25) is 0 Å². The van der Waals surface area contributed by atoms with Crippen LogP contribution < -0.4 is 4.72 Å². The number of nitrogens with zero attached hydrogens (tertiary/aromatic N) is 1. The van der Waals surface area contributed by atoms with Gasteiger partial charge in [-0.25, -0.2) is 8.42 Å². The molecule has 0 radical (unpaired) electrons. The molecule has 0 saturated carbocycles. The van der Waals surface area contributed by atoms with E-state index in [-0.39, 0.29) is 17.0 Å². The van der Waals surface area contributed by atoms with Crippen molar-refractivity contribution >= 4 is 21.4 Å². The Labute approximate surface area is 121 Å². The van der Waals surface area contributed by atoms with E-state index in [4.69, 9.17) is 0 Å². The van der Waals surface area contributed by atoms with Crippen LogP contribution in [0.4, 0.5) is 11.4 Å². The highest BCUT2D eigenvalue weighted by Gasteiger charge is 2.28. The number of aryl methyl sites for hydroxylation is 1. The van der Waals surface area contributed by atoms with E-state index in [0.29, 0.717) is 0 Å². The fourth-order valence-corrected chi connectivity index (χ4v) is 3.36. The van der Waals surface area contributed by atoms with Crippen LogP contribution in [0, 0.1) is 17.0 Å². The molecule has 0 saturated heterocycles. The molecule has 0 aromatic heterocycles. The average Bonchev–Trinajstić information content (AvgIpc) is 2.40. The zero-order valence-corrected chi connectivity index (χ0v) is 11.8. The van der Waals surface area contributed by atoms with Gasteiger partial charge in [-0.1, -0.05) is 24.3 Å². The molecule has 2 aromatic carbocycles. The van der Waals surface area contributed by atoms with Crippen LogP contribution in [0.3, 0.4) is 0 Å². The number of phenolic OH excluding ortho intramolecular Hbond substituents is 1. The molecule has 0 amide bonds. The van der Waals surface area contributed by atoms with Crippen molar-refractivity contribution in [1.29, 1.82) is 0 Å². The van der Waals surface area contributed by atoms with Crippen LogP contribution in [-0.2, 0) is 10.0 Å². The van der Waals surface area contributed by atoms with Gasteiger partial charge in [0.05, 0.1) is 10.6 Å². The van der Waals surface area contributed by atoms with Gasteiger partial charge in [0, 0.05) is 6.07 Å². The number of aromatic hydroxyl groups is 1. The fraction of sp³-hybridized carbons (Fsp3) is 0.0769. The van der Waals surface area contributed by atoms with E-state index < -0.39 is 25.5 Å². The predicted octanol–water partition coefficient (Wildman–Crippen LogP) is 2.41. The lowest BCUT2D eigenvalue weighted by atomic mass is 10.2. The number of sulfonamides is 1. The summed E-state index contributed by atoms with van der Waals surface area (Å²) < 4.78 is 26.9. The molecular weight excluding hydrogens is 296 g/mol. The van der Waals surface area contributed by atoms with E-state index in [0.717, 1.165) is 6.07 Å². The summed E-state index contributed by atoms with van der Waals surface area (Å²) in [5.41, 5.74) is -0.319. The van der Waals surface area contributed by atoms with Crippen molar-refractivity contribution in [3.05, 3.63) is 58.1 Å². The smallest absolute Gasteiger partial charge is 0.290 e. The third-order valence-electron chi connectivity index (χ3n) is 2.80. The zero-order valence-electron chi connectivity index (χ0n) is 11.0. The molecule has 0 bridgehead atoms. The van der Waals surface area contributed by atoms with Gasteiger partial charge in [0.25, 0.3) is 15.7 Å². The number of hydrogen-bond acceptors (Lipinski definition) is 5. The first-order valence-electron chi connectivity index (χ1n) is 5.88. The predicted molar refractivity (Wildman–Crippen MR) is 76.7 cm³/mol. The maximum absolute atomic E-state index is 12.4. The number of nitro groups is 1. The van der Waals surface area contributed by atoms with E-state index in [1.54, 1.807) is 0 Å². The highest BCUT2D eigenvalue weighted by Crippen LogP contribution is 2.31. The Hall–Kier alpha value is -2.61. The highest BCUT2D eigenvalue weighted by molar-refractivity contribution is 7.93. The van der Waals surface area contributed by atoms with Crippen molar-refractivity contribution in [2.45, 2.75) is 11.8 Å². The van der Waals surface area contributed by atoms with Gasteiger partial charge < -0.3 is 5.11 Å². The normalized spacial score (nSPS) is 11.1. The Morgan fingerprint density at radius 1 is 1.14 bits per heavy atom. The number of benzene rings is 2. The van der Waals surface area contributed by atoms with E-state index in [1.807, 2.05) is 0 Å². The number of rotatable bonds is 4. The minimum absolute atomic E-state index is 0.0462. The second-order valence-electron chi connectivity index (χ2n) is 4.30. The summed E-state index contributed by atoms with van der Waals surface area (Å²) in [5, 5.41) is 20.6. The number of nitrogens with one attached hydrogen (secondary N) is 1. The Bertz CT molecular complexity index is 802. The molecule has 0 fully saturated rings. The number of anilines is 1. The van der Waals surface area contributed by atoms with Gasteiger partial charge in [-0.3, -0.25) is 14.8 Å². The van der Waals surface area contributed by atoms with Gasteiger partial charge in [0.15, 0.2) is 4.90 Å². The molecule has 0 aliphatic carbocycles. The molecule has 0 spiro atoms.